The second kappa shape index (κ2) is 7.16. The number of nitrogens with zero attached hydrogens (tertiary/aromatic N) is 4. The minimum atomic E-state index is -0.0609. The highest BCUT2D eigenvalue weighted by Gasteiger charge is 2.27. The van der Waals surface area contributed by atoms with Gasteiger partial charge in [-0.2, -0.15) is 10.4 Å². The largest absolute Gasteiger partial charge is 0.315 e. The number of likely N-dealkylation sites (tertiary alicyclic amines) is 1. The molecule has 1 aliphatic heterocycles. The van der Waals surface area contributed by atoms with E-state index in [0.717, 1.165) is 37.3 Å². The maximum absolute atomic E-state index is 12.3. The molecule has 0 bridgehead atoms. The smallest absolute Gasteiger partial charge is 0.239 e. The number of aromatic nitrogens is 2. The van der Waals surface area contributed by atoms with E-state index >= 15 is 0 Å². The van der Waals surface area contributed by atoms with E-state index in [2.05, 4.69) is 34.4 Å². The first-order chi connectivity index (χ1) is 11.6. The van der Waals surface area contributed by atoms with Crippen molar-refractivity contribution in [3.63, 3.8) is 0 Å². The van der Waals surface area contributed by atoms with Gasteiger partial charge in [0.05, 0.1) is 24.3 Å². The third kappa shape index (κ3) is 3.66. The van der Waals surface area contributed by atoms with Gasteiger partial charge in [0.15, 0.2) is 0 Å². The van der Waals surface area contributed by atoms with Gasteiger partial charge in [-0.05, 0) is 50.7 Å². The standard InChI is InChI=1S/C17H21N5OS/c1-12-8-13(2)22(20-12)10-15-4-3-6-21(15)11-16(23)19-17-14(9-18)5-7-24-17/h5,7-8,15H,3-4,6,10-11H2,1-2H3,(H,19,23). The summed E-state index contributed by atoms with van der Waals surface area (Å²) in [5.41, 5.74) is 2.70. The Morgan fingerprint density at radius 2 is 2.38 bits per heavy atom. The van der Waals surface area contributed by atoms with Gasteiger partial charge in [-0.25, -0.2) is 0 Å². The third-order valence-electron chi connectivity index (χ3n) is 4.37. The molecule has 24 heavy (non-hydrogen) atoms. The highest BCUT2D eigenvalue weighted by Crippen LogP contribution is 2.23. The van der Waals surface area contributed by atoms with Crippen molar-refractivity contribution in [2.75, 3.05) is 18.4 Å². The maximum Gasteiger partial charge on any atom is 0.239 e. The molecule has 1 fully saturated rings. The second-order valence-corrected chi connectivity index (χ2v) is 7.12. The number of amides is 1. The van der Waals surface area contributed by atoms with E-state index in [-0.39, 0.29) is 5.91 Å². The lowest BCUT2D eigenvalue weighted by Crippen LogP contribution is -2.39. The zero-order valence-electron chi connectivity index (χ0n) is 14.0. The van der Waals surface area contributed by atoms with Crippen LogP contribution in [0.25, 0.3) is 0 Å². The van der Waals surface area contributed by atoms with E-state index < -0.39 is 0 Å². The molecule has 0 aromatic carbocycles. The predicted octanol–water partition coefficient (Wildman–Crippen LogP) is 2.54. The van der Waals surface area contributed by atoms with E-state index in [9.17, 15) is 4.79 Å². The number of rotatable bonds is 5. The van der Waals surface area contributed by atoms with Crippen LogP contribution in [0.5, 0.6) is 0 Å². The van der Waals surface area contributed by atoms with Crippen molar-refractivity contribution in [1.82, 2.24) is 14.7 Å². The first kappa shape index (κ1) is 16.7. The minimum Gasteiger partial charge on any atom is -0.315 e. The van der Waals surface area contributed by atoms with Gasteiger partial charge in [0.1, 0.15) is 11.1 Å². The Bertz CT molecular complexity index is 772. The Hall–Kier alpha value is -2.17. The number of hydrogen-bond donors (Lipinski definition) is 1. The summed E-state index contributed by atoms with van der Waals surface area (Å²) in [7, 11) is 0. The van der Waals surface area contributed by atoms with E-state index in [1.807, 2.05) is 17.0 Å². The molecule has 3 rings (SSSR count). The summed E-state index contributed by atoms with van der Waals surface area (Å²) in [6.07, 6.45) is 2.17. The van der Waals surface area contributed by atoms with E-state index in [1.54, 1.807) is 6.07 Å². The summed E-state index contributed by atoms with van der Waals surface area (Å²) in [5.74, 6) is -0.0609. The molecule has 1 atom stereocenters. The number of carbonyl (C=O) groups is 1. The van der Waals surface area contributed by atoms with Crippen LogP contribution in [-0.4, -0.2) is 39.7 Å². The molecule has 3 heterocycles. The number of nitriles is 1. The lowest BCUT2D eigenvalue weighted by atomic mass is 10.2. The lowest BCUT2D eigenvalue weighted by Gasteiger charge is -2.24. The molecule has 1 N–H and O–H groups in total. The van der Waals surface area contributed by atoms with Crippen molar-refractivity contribution >= 4 is 22.2 Å². The third-order valence-corrected chi connectivity index (χ3v) is 5.20. The van der Waals surface area contributed by atoms with Gasteiger partial charge in [0.2, 0.25) is 5.91 Å². The summed E-state index contributed by atoms with van der Waals surface area (Å²) < 4.78 is 2.03. The molecule has 2 aromatic heterocycles. The van der Waals surface area contributed by atoms with Gasteiger partial charge in [-0.3, -0.25) is 14.4 Å². The van der Waals surface area contributed by atoms with Crippen molar-refractivity contribution in [3.8, 4) is 6.07 Å². The Kier molecular flexibility index (Phi) is 4.97. The zero-order chi connectivity index (χ0) is 17.1. The molecule has 7 heteroatoms. The van der Waals surface area contributed by atoms with Crippen LogP contribution in [0, 0.1) is 25.2 Å². The van der Waals surface area contributed by atoms with Crippen LogP contribution >= 0.6 is 11.3 Å². The Morgan fingerprint density at radius 1 is 1.54 bits per heavy atom. The monoisotopic (exact) mass is 343 g/mol. The highest BCUT2D eigenvalue weighted by atomic mass is 32.1. The first-order valence-electron chi connectivity index (χ1n) is 8.09. The minimum absolute atomic E-state index is 0.0609. The number of aryl methyl sites for hydroxylation is 2. The number of nitrogens with one attached hydrogen (secondary N) is 1. The number of carbonyl (C=O) groups excluding carboxylic acids is 1. The number of anilines is 1. The van der Waals surface area contributed by atoms with Crippen LogP contribution < -0.4 is 5.32 Å². The highest BCUT2D eigenvalue weighted by molar-refractivity contribution is 7.14. The molecule has 2 aromatic rings. The van der Waals surface area contributed by atoms with Gasteiger partial charge < -0.3 is 5.32 Å². The first-order valence-corrected chi connectivity index (χ1v) is 8.97. The van der Waals surface area contributed by atoms with Crippen LogP contribution in [0.1, 0.15) is 29.8 Å². The van der Waals surface area contributed by atoms with Crippen LogP contribution in [0.4, 0.5) is 5.00 Å². The maximum atomic E-state index is 12.3. The van der Waals surface area contributed by atoms with Crippen molar-refractivity contribution in [1.29, 1.82) is 5.26 Å². The second-order valence-electron chi connectivity index (χ2n) is 6.20. The fourth-order valence-electron chi connectivity index (χ4n) is 3.21. The van der Waals surface area contributed by atoms with E-state index in [0.29, 0.717) is 23.2 Å². The van der Waals surface area contributed by atoms with Crippen LogP contribution in [0.15, 0.2) is 17.5 Å². The molecule has 1 unspecified atom stereocenters. The quantitative estimate of drug-likeness (QED) is 0.905. The summed E-state index contributed by atoms with van der Waals surface area (Å²) in [5, 5.41) is 18.9. The Morgan fingerprint density at radius 3 is 3.08 bits per heavy atom. The molecule has 0 saturated carbocycles. The van der Waals surface area contributed by atoms with Gasteiger partial charge in [-0.1, -0.05) is 0 Å². The molecular formula is C17H21N5OS. The van der Waals surface area contributed by atoms with Crippen molar-refractivity contribution < 1.29 is 4.79 Å². The van der Waals surface area contributed by atoms with Gasteiger partial charge in [-0.15, -0.1) is 11.3 Å². The lowest BCUT2D eigenvalue weighted by molar-refractivity contribution is -0.117. The molecule has 1 aliphatic rings. The summed E-state index contributed by atoms with van der Waals surface area (Å²) in [6, 6.07) is 6.22. The molecule has 1 saturated heterocycles. The van der Waals surface area contributed by atoms with Crippen LogP contribution in [0.3, 0.4) is 0 Å². The van der Waals surface area contributed by atoms with Gasteiger partial charge in [0, 0.05) is 11.7 Å². The average Bonchev–Trinajstić information content (AvgIpc) is 3.22. The van der Waals surface area contributed by atoms with E-state index in [4.69, 9.17) is 5.26 Å². The van der Waals surface area contributed by atoms with Crippen molar-refractivity contribution in [3.05, 3.63) is 34.5 Å². The molecule has 1 amide bonds. The number of thiophene rings is 1. The number of hydrogen-bond acceptors (Lipinski definition) is 5. The Labute approximate surface area is 145 Å². The topological polar surface area (TPSA) is 74.0 Å². The zero-order valence-corrected chi connectivity index (χ0v) is 14.8. The molecule has 0 radical (unpaired) electrons. The van der Waals surface area contributed by atoms with Crippen molar-refractivity contribution in [2.24, 2.45) is 0 Å². The van der Waals surface area contributed by atoms with E-state index in [1.165, 1.54) is 11.3 Å². The molecule has 6 nitrogen and oxygen atoms in total. The van der Waals surface area contributed by atoms with Crippen molar-refractivity contribution in [2.45, 2.75) is 39.3 Å². The fourth-order valence-corrected chi connectivity index (χ4v) is 3.97. The predicted molar refractivity (Wildman–Crippen MR) is 94.0 cm³/mol. The molecular weight excluding hydrogens is 322 g/mol. The normalized spacial score (nSPS) is 17.8. The van der Waals surface area contributed by atoms with Crippen LogP contribution in [0.2, 0.25) is 0 Å². The SMILES string of the molecule is Cc1cc(C)n(CC2CCCN2CC(=O)Nc2sccc2C#N)n1. The molecule has 0 spiro atoms. The Balaban J connectivity index is 1.60. The summed E-state index contributed by atoms with van der Waals surface area (Å²) in [4.78, 5) is 14.5. The van der Waals surface area contributed by atoms with Gasteiger partial charge in [0.25, 0.3) is 0 Å². The molecule has 126 valence electrons. The summed E-state index contributed by atoms with van der Waals surface area (Å²) in [6.45, 7) is 6.15. The fraction of sp³-hybridized carbons (Fsp3) is 0.471. The summed E-state index contributed by atoms with van der Waals surface area (Å²) >= 11 is 1.38. The molecule has 0 aliphatic carbocycles. The van der Waals surface area contributed by atoms with Crippen LogP contribution in [-0.2, 0) is 11.3 Å². The average molecular weight is 343 g/mol. The van der Waals surface area contributed by atoms with Gasteiger partial charge >= 0.3 is 0 Å².